The standard InChI is InChI=1S/C13H14O5/c1-17-11-4-3-7(5-10(11)13(16)18-2)8-6-9(8)12(14)15/h3-5,8-9H,6H2,1-2H3,(H,14,15). The van der Waals surface area contributed by atoms with Crippen molar-refractivity contribution < 1.29 is 24.2 Å². The summed E-state index contributed by atoms with van der Waals surface area (Å²) in [6.45, 7) is 0. The minimum atomic E-state index is -0.796. The Morgan fingerprint density at radius 2 is 2.06 bits per heavy atom. The molecule has 0 heterocycles. The van der Waals surface area contributed by atoms with Gasteiger partial charge in [-0.1, -0.05) is 6.07 Å². The molecule has 1 aliphatic carbocycles. The molecular weight excluding hydrogens is 236 g/mol. The molecule has 1 N–H and O–H groups in total. The first-order valence-electron chi connectivity index (χ1n) is 5.57. The SMILES string of the molecule is COC(=O)c1cc(C2CC2C(=O)O)ccc1OC. The maximum absolute atomic E-state index is 11.6. The van der Waals surface area contributed by atoms with Gasteiger partial charge in [0.1, 0.15) is 11.3 Å². The van der Waals surface area contributed by atoms with Crippen LogP contribution < -0.4 is 4.74 Å². The van der Waals surface area contributed by atoms with Crippen LogP contribution in [0.2, 0.25) is 0 Å². The van der Waals surface area contributed by atoms with Gasteiger partial charge in [0.15, 0.2) is 0 Å². The van der Waals surface area contributed by atoms with E-state index < -0.39 is 11.9 Å². The fourth-order valence-corrected chi connectivity index (χ4v) is 2.06. The quantitative estimate of drug-likeness (QED) is 0.823. The molecule has 1 fully saturated rings. The number of carboxylic acids is 1. The molecular formula is C13H14O5. The highest BCUT2D eigenvalue weighted by atomic mass is 16.5. The van der Waals surface area contributed by atoms with Crippen molar-refractivity contribution >= 4 is 11.9 Å². The van der Waals surface area contributed by atoms with Crippen molar-refractivity contribution in [1.82, 2.24) is 0 Å². The molecule has 1 saturated carbocycles. The van der Waals surface area contributed by atoms with Crippen LogP contribution in [0.25, 0.3) is 0 Å². The predicted octanol–water partition coefficient (Wildman–Crippen LogP) is 1.67. The number of esters is 1. The van der Waals surface area contributed by atoms with Gasteiger partial charge in [-0.2, -0.15) is 0 Å². The lowest BCUT2D eigenvalue weighted by atomic mass is 10.0. The fraction of sp³-hybridized carbons (Fsp3) is 0.385. The molecule has 2 unspecified atom stereocenters. The van der Waals surface area contributed by atoms with Crippen molar-refractivity contribution in [1.29, 1.82) is 0 Å². The lowest BCUT2D eigenvalue weighted by Gasteiger charge is -2.08. The summed E-state index contributed by atoms with van der Waals surface area (Å²) in [7, 11) is 2.77. The monoisotopic (exact) mass is 250 g/mol. The van der Waals surface area contributed by atoms with Gasteiger partial charge in [0.05, 0.1) is 20.1 Å². The summed E-state index contributed by atoms with van der Waals surface area (Å²) in [6.07, 6.45) is 0.613. The van der Waals surface area contributed by atoms with Crippen LogP contribution >= 0.6 is 0 Å². The largest absolute Gasteiger partial charge is 0.496 e. The van der Waals surface area contributed by atoms with E-state index in [2.05, 4.69) is 4.74 Å². The van der Waals surface area contributed by atoms with E-state index in [0.717, 1.165) is 5.56 Å². The smallest absolute Gasteiger partial charge is 0.341 e. The number of ether oxygens (including phenoxy) is 2. The number of carbonyl (C=O) groups is 2. The summed E-state index contributed by atoms with van der Waals surface area (Å²) in [5.74, 6) is -1.21. The first-order valence-corrected chi connectivity index (χ1v) is 5.57. The Morgan fingerprint density at radius 3 is 2.56 bits per heavy atom. The molecule has 0 aliphatic heterocycles. The third-order valence-electron chi connectivity index (χ3n) is 3.16. The van der Waals surface area contributed by atoms with Crippen molar-refractivity contribution in [2.45, 2.75) is 12.3 Å². The summed E-state index contributed by atoms with van der Waals surface area (Å²) < 4.78 is 9.75. The van der Waals surface area contributed by atoms with E-state index in [9.17, 15) is 9.59 Å². The number of benzene rings is 1. The highest BCUT2D eigenvalue weighted by Crippen LogP contribution is 2.48. The molecule has 5 heteroatoms. The van der Waals surface area contributed by atoms with Crippen LogP contribution in [0.1, 0.15) is 28.3 Å². The molecule has 0 amide bonds. The lowest BCUT2D eigenvalue weighted by Crippen LogP contribution is -2.05. The molecule has 0 aromatic heterocycles. The summed E-state index contributed by atoms with van der Waals surface area (Å²) >= 11 is 0. The van der Waals surface area contributed by atoms with Gasteiger partial charge in [-0.3, -0.25) is 4.79 Å². The number of rotatable bonds is 4. The first kappa shape index (κ1) is 12.4. The molecule has 1 aromatic rings. The van der Waals surface area contributed by atoms with Crippen LogP contribution in [0.3, 0.4) is 0 Å². The van der Waals surface area contributed by atoms with Gasteiger partial charge in [-0.15, -0.1) is 0 Å². The highest BCUT2D eigenvalue weighted by molar-refractivity contribution is 5.92. The zero-order chi connectivity index (χ0) is 13.3. The van der Waals surface area contributed by atoms with Gasteiger partial charge in [-0.25, -0.2) is 4.79 Å². The maximum atomic E-state index is 11.6. The van der Waals surface area contributed by atoms with Crippen LogP contribution in [-0.2, 0) is 9.53 Å². The zero-order valence-corrected chi connectivity index (χ0v) is 10.2. The van der Waals surface area contributed by atoms with Gasteiger partial charge in [0.2, 0.25) is 0 Å². The van der Waals surface area contributed by atoms with Gasteiger partial charge in [0.25, 0.3) is 0 Å². The van der Waals surface area contributed by atoms with Crippen LogP contribution in [0.4, 0.5) is 0 Å². The van der Waals surface area contributed by atoms with Gasteiger partial charge in [-0.05, 0) is 30.0 Å². The number of aliphatic carboxylic acids is 1. The summed E-state index contributed by atoms with van der Waals surface area (Å²) in [5, 5.41) is 8.89. The Balaban J connectivity index is 2.29. The molecule has 0 saturated heterocycles. The van der Waals surface area contributed by atoms with Gasteiger partial charge >= 0.3 is 11.9 Å². The van der Waals surface area contributed by atoms with E-state index in [-0.39, 0.29) is 11.8 Å². The van der Waals surface area contributed by atoms with E-state index in [1.807, 2.05) is 0 Å². The lowest BCUT2D eigenvalue weighted by molar-refractivity contribution is -0.138. The molecule has 5 nitrogen and oxygen atoms in total. The molecule has 0 bridgehead atoms. The number of hydrogen-bond donors (Lipinski definition) is 1. The summed E-state index contributed by atoms with van der Waals surface area (Å²) in [5.41, 5.74) is 1.16. The van der Waals surface area contributed by atoms with Crippen molar-refractivity contribution in [3.8, 4) is 5.75 Å². The molecule has 2 rings (SSSR count). The van der Waals surface area contributed by atoms with Crippen molar-refractivity contribution in [3.05, 3.63) is 29.3 Å². The molecule has 1 aliphatic rings. The zero-order valence-electron chi connectivity index (χ0n) is 10.2. The normalized spacial score (nSPS) is 21.2. The predicted molar refractivity (Wildman–Crippen MR) is 62.8 cm³/mol. The van der Waals surface area contributed by atoms with E-state index in [1.165, 1.54) is 14.2 Å². The fourth-order valence-electron chi connectivity index (χ4n) is 2.06. The first-order chi connectivity index (χ1) is 8.58. The minimum Gasteiger partial charge on any atom is -0.496 e. The Hall–Kier alpha value is -2.04. The number of methoxy groups -OCH3 is 2. The van der Waals surface area contributed by atoms with Crippen molar-refractivity contribution in [3.63, 3.8) is 0 Å². The van der Waals surface area contributed by atoms with E-state index >= 15 is 0 Å². The number of carboxylic acid groups (broad SMARTS) is 1. The highest BCUT2D eigenvalue weighted by Gasteiger charge is 2.44. The van der Waals surface area contributed by atoms with E-state index in [1.54, 1.807) is 18.2 Å². The van der Waals surface area contributed by atoms with Crippen LogP contribution in [0, 0.1) is 5.92 Å². The van der Waals surface area contributed by atoms with Gasteiger partial charge < -0.3 is 14.6 Å². The van der Waals surface area contributed by atoms with Crippen LogP contribution in [0.5, 0.6) is 5.75 Å². The molecule has 2 atom stereocenters. The van der Waals surface area contributed by atoms with E-state index in [4.69, 9.17) is 9.84 Å². The third kappa shape index (κ3) is 2.16. The Labute approximate surface area is 104 Å². The number of carbonyl (C=O) groups excluding carboxylic acids is 1. The maximum Gasteiger partial charge on any atom is 0.341 e. The summed E-state index contributed by atoms with van der Waals surface area (Å²) in [4.78, 5) is 22.4. The Kier molecular flexibility index (Phi) is 3.23. The summed E-state index contributed by atoms with van der Waals surface area (Å²) in [6, 6.07) is 5.11. The molecule has 1 aromatic carbocycles. The molecule has 18 heavy (non-hydrogen) atoms. The average Bonchev–Trinajstić information content (AvgIpc) is 3.17. The van der Waals surface area contributed by atoms with Crippen LogP contribution in [-0.4, -0.2) is 31.3 Å². The minimum absolute atomic E-state index is 0.0168. The average molecular weight is 250 g/mol. The van der Waals surface area contributed by atoms with Crippen molar-refractivity contribution in [2.75, 3.05) is 14.2 Å². The molecule has 0 radical (unpaired) electrons. The van der Waals surface area contributed by atoms with Gasteiger partial charge in [0, 0.05) is 0 Å². The Bertz CT molecular complexity index is 494. The van der Waals surface area contributed by atoms with Crippen LogP contribution in [0.15, 0.2) is 18.2 Å². The third-order valence-corrected chi connectivity index (χ3v) is 3.16. The van der Waals surface area contributed by atoms with Crippen molar-refractivity contribution in [2.24, 2.45) is 5.92 Å². The topological polar surface area (TPSA) is 72.8 Å². The Morgan fingerprint density at radius 1 is 1.33 bits per heavy atom. The molecule has 0 spiro atoms. The second-order valence-electron chi connectivity index (χ2n) is 4.24. The van der Waals surface area contributed by atoms with E-state index in [0.29, 0.717) is 17.7 Å². The number of hydrogen-bond acceptors (Lipinski definition) is 4. The second kappa shape index (κ2) is 4.68. The second-order valence-corrected chi connectivity index (χ2v) is 4.24. The molecule has 96 valence electrons.